The van der Waals surface area contributed by atoms with Crippen molar-refractivity contribution in [1.82, 2.24) is 0 Å². The number of hydrogen-bond acceptors (Lipinski definition) is 4. The molecule has 0 atom stereocenters. The van der Waals surface area contributed by atoms with Crippen LogP contribution in [0.25, 0.3) is 0 Å². The van der Waals surface area contributed by atoms with Crippen LogP contribution in [0.1, 0.15) is 11.1 Å². The van der Waals surface area contributed by atoms with E-state index in [4.69, 9.17) is 11.5 Å². The Kier molecular flexibility index (Phi) is 4.19. The maximum Gasteiger partial charge on any atom is 0.457 e. The number of benzene rings is 2. The summed E-state index contributed by atoms with van der Waals surface area (Å²) < 4.78 is 82.2. The number of phenols is 2. The molecule has 0 aliphatic carbocycles. The minimum atomic E-state index is -6.27. The van der Waals surface area contributed by atoms with Crippen molar-refractivity contribution in [3.8, 4) is 11.5 Å². The molecule has 0 aliphatic rings. The van der Waals surface area contributed by atoms with Gasteiger partial charge >= 0.3 is 12.1 Å². The monoisotopic (exact) mass is 366 g/mol. The van der Waals surface area contributed by atoms with Crippen molar-refractivity contribution >= 4 is 11.4 Å². The Morgan fingerprint density at radius 2 is 1.04 bits per heavy atom. The van der Waals surface area contributed by atoms with Gasteiger partial charge in [-0.05, 0) is 24.3 Å². The van der Waals surface area contributed by atoms with E-state index in [1.54, 1.807) is 0 Å². The number of phenolic OH excluding ortho intramolecular Hbond substituents is 2. The van der Waals surface area contributed by atoms with Gasteiger partial charge in [0.05, 0.1) is 11.4 Å². The fraction of sp³-hybridized carbons (Fsp3) is 0.200. The summed E-state index contributed by atoms with van der Waals surface area (Å²) in [6.45, 7) is 0. The van der Waals surface area contributed by atoms with Gasteiger partial charge in [-0.1, -0.05) is 12.1 Å². The van der Waals surface area contributed by atoms with Crippen molar-refractivity contribution in [2.45, 2.75) is 17.8 Å². The molecule has 2 aromatic rings. The first kappa shape index (κ1) is 18.6. The third kappa shape index (κ3) is 2.77. The van der Waals surface area contributed by atoms with Crippen LogP contribution in [0.2, 0.25) is 0 Å². The molecule has 0 spiro atoms. The number of nitrogen functional groups attached to an aromatic ring is 2. The summed E-state index contributed by atoms with van der Waals surface area (Å²) in [5.41, 5.74) is 2.99. The van der Waals surface area contributed by atoms with E-state index in [0.29, 0.717) is 24.3 Å². The number of rotatable bonds is 3. The van der Waals surface area contributed by atoms with Crippen molar-refractivity contribution < 1.29 is 36.6 Å². The number of nitrogens with two attached hydrogens (primary N) is 2. The minimum Gasteiger partial charge on any atom is -0.506 e. The summed E-state index contributed by atoms with van der Waals surface area (Å²) in [5, 5.41) is 19.0. The zero-order chi connectivity index (χ0) is 19.2. The average molecular weight is 366 g/mol. The molecule has 25 heavy (non-hydrogen) atoms. The highest BCUT2D eigenvalue weighted by Crippen LogP contribution is 2.55. The molecule has 10 heteroatoms. The quantitative estimate of drug-likeness (QED) is 0.379. The van der Waals surface area contributed by atoms with Gasteiger partial charge in [0.1, 0.15) is 11.5 Å². The van der Waals surface area contributed by atoms with Gasteiger partial charge in [0.2, 0.25) is 5.67 Å². The standard InChI is InChI=1S/C15H12F6N2O2/c16-13(14(17,18)15(19,20)21,7-1-3-9(22)11(24)5-7)8-2-4-10(23)12(25)6-8/h1-6,24-25H,22-23H2. The predicted octanol–water partition coefficient (Wildman–Crippen LogP) is 3.67. The zero-order valence-corrected chi connectivity index (χ0v) is 12.3. The summed E-state index contributed by atoms with van der Waals surface area (Å²) in [6, 6.07) is 3.46. The second-order valence-corrected chi connectivity index (χ2v) is 5.28. The number of halogens is 6. The van der Waals surface area contributed by atoms with E-state index >= 15 is 4.39 Å². The SMILES string of the molecule is Nc1ccc(C(F)(c2ccc(N)c(O)c2)C(F)(F)C(F)(F)F)cc1O. The summed E-state index contributed by atoms with van der Waals surface area (Å²) in [6.07, 6.45) is -6.27. The molecule has 0 aliphatic heterocycles. The number of hydrogen-bond donors (Lipinski definition) is 4. The summed E-state index contributed by atoms with van der Waals surface area (Å²) in [7, 11) is 0. The highest BCUT2D eigenvalue weighted by molar-refractivity contribution is 5.59. The average Bonchev–Trinajstić information content (AvgIpc) is 2.50. The molecule has 136 valence electrons. The van der Waals surface area contributed by atoms with E-state index in [1.165, 1.54) is 0 Å². The Balaban J connectivity index is 2.83. The molecule has 0 unspecified atom stereocenters. The van der Waals surface area contributed by atoms with Gasteiger partial charge in [0.15, 0.2) is 0 Å². The Labute approximate surface area is 137 Å². The van der Waals surface area contributed by atoms with Crippen molar-refractivity contribution in [3.05, 3.63) is 47.5 Å². The van der Waals surface area contributed by atoms with Gasteiger partial charge in [-0.3, -0.25) is 0 Å². The number of anilines is 2. The fourth-order valence-corrected chi connectivity index (χ4v) is 2.24. The van der Waals surface area contributed by atoms with E-state index in [2.05, 4.69) is 0 Å². The third-order valence-electron chi connectivity index (χ3n) is 3.65. The smallest absolute Gasteiger partial charge is 0.457 e. The number of aromatic hydroxyl groups is 2. The first-order chi connectivity index (χ1) is 11.3. The van der Waals surface area contributed by atoms with Gasteiger partial charge in [0, 0.05) is 11.1 Å². The highest BCUT2D eigenvalue weighted by Gasteiger charge is 2.72. The van der Waals surface area contributed by atoms with Crippen molar-refractivity contribution in [3.63, 3.8) is 0 Å². The normalized spacial score (nSPS) is 13.0. The van der Waals surface area contributed by atoms with E-state index < -0.39 is 40.4 Å². The summed E-state index contributed by atoms with van der Waals surface area (Å²) in [5.74, 6) is -7.65. The van der Waals surface area contributed by atoms with E-state index in [1.807, 2.05) is 0 Å². The molecular formula is C15H12F6N2O2. The molecular weight excluding hydrogens is 354 g/mol. The number of alkyl halides is 6. The Morgan fingerprint density at radius 1 is 0.680 bits per heavy atom. The Hall–Kier alpha value is -2.78. The maximum atomic E-state index is 15.4. The van der Waals surface area contributed by atoms with Gasteiger partial charge < -0.3 is 21.7 Å². The molecule has 0 heterocycles. The Bertz CT molecular complexity index is 756. The molecule has 0 fully saturated rings. The summed E-state index contributed by atoms with van der Waals surface area (Å²) in [4.78, 5) is 0. The zero-order valence-electron chi connectivity index (χ0n) is 12.3. The first-order valence-electron chi connectivity index (χ1n) is 6.63. The lowest BCUT2D eigenvalue weighted by Gasteiger charge is -2.35. The van der Waals surface area contributed by atoms with Crippen LogP contribution in [0.5, 0.6) is 11.5 Å². The van der Waals surface area contributed by atoms with Crippen LogP contribution >= 0.6 is 0 Å². The molecule has 0 bridgehead atoms. The Morgan fingerprint density at radius 3 is 1.32 bits per heavy atom. The van der Waals surface area contributed by atoms with Crippen LogP contribution in [-0.2, 0) is 5.67 Å². The summed E-state index contributed by atoms with van der Waals surface area (Å²) >= 11 is 0. The molecule has 2 aromatic carbocycles. The van der Waals surface area contributed by atoms with Crippen LogP contribution in [0.15, 0.2) is 36.4 Å². The van der Waals surface area contributed by atoms with Crippen molar-refractivity contribution in [2.24, 2.45) is 0 Å². The predicted molar refractivity (Wildman–Crippen MR) is 77.9 cm³/mol. The molecule has 6 N–H and O–H groups in total. The largest absolute Gasteiger partial charge is 0.506 e. The van der Waals surface area contributed by atoms with Crippen LogP contribution < -0.4 is 11.5 Å². The lowest BCUT2D eigenvalue weighted by Crippen LogP contribution is -2.53. The van der Waals surface area contributed by atoms with Crippen LogP contribution in [0, 0.1) is 0 Å². The fourth-order valence-electron chi connectivity index (χ4n) is 2.24. The van der Waals surface area contributed by atoms with Crippen LogP contribution in [-0.4, -0.2) is 22.3 Å². The molecule has 4 nitrogen and oxygen atoms in total. The van der Waals surface area contributed by atoms with Crippen molar-refractivity contribution in [2.75, 3.05) is 11.5 Å². The van der Waals surface area contributed by atoms with E-state index in [9.17, 15) is 32.2 Å². The van der Waals surface area contributed by atoms with Gasteiger partial charge in [0.25, 0.3) is 0 Å². The molecule has 2 rings (SSSR count). The molecule has 0 radical (unpaired) electrons. The maximum absolute atomic E-state index is 15.4. The second-order valence-electron chi connectivity index (χ2n) is 5.28. The van der Waals surface area contributed by atoms with Gasteiger partial charge in [-0.25, -0.2) is 4.39 Å². The van der Waals surface area contributed by atoms with Gasteiger partial charge in [-0.2, -0.15) is 22.0 Å². The third-order valence-corrected chi connectivity index (χ3v) is 3.65. The molecule has 0 aromatic heterocycles. The second kappa shape index (κ2) is 5.64. The molecule has 0 saturated heterocycles. The van der Waals surface area contributed by atoms with Crippen LogP contribution in [0.3, 0.4) is 0 Å². The van der Waals surface area contributed by atoms with Crippen LogP contribution in [0.4, 0.5) is 37.7 Å². The van der Waals surface area contributed by atoms with Gasteiger partial charge in [-0.15, -0.1) is 0 Å². The van der Waals surface area contributed by atoms with E-state index in [0.717, 1.165) is 12.1 Å². The minimum absolute atomic E-state index is 0.346. The molecule has 0 amide bonds. The lowest BCUT2D eigenvalue weighted by molar-refractivity contribution is -0.323. The van der Waals surface area contributed by atoms with Crippen molar-refractivity contribution in [1.29, 1.82) is 0 Å². The topological polar surface area (TPSA) is 92.5 Å². The first-order valence-corrected chi connectivity index (χ1v) is 6.63. The molecule has 0 saturated carbocycles. The lowest BCUT2D eigenvalue weighted by atomic mass is 9.81. The highest BCUT2D eigenvalue weighted by atomic mass is 19.4. The van der Waals surface area contributed by atoms with E-state index in [-0.39, 0.29) is 11.4 Å².